The number of amides is 1. The average Bonchev–Trinajstić information content (AvgIpc) is 3.27. The minimum atomic E-state index is -0.124. The van der Waals surface area contributed by atoms with E-state index in [1.54, 1.807) is 11.1 Å². The molecule has 0 saturated carbocycles. The number of aryl methyl sites for hydroxylation is 3. The van der Waals surface area contributed by atoms with Crippen LogP contribution in [0.1, 0.15) is 31.6 Å². The van der Waals surface area contributed by atoms with Gasteiger partial charge in [-0.25, -0.2) is 9.97 Å². The van der Waals surface area contributed by atoms with Crippen LogP contribution >= 0.6 is 34.3 Å². The molecule has 0 radical (unpaired) electrons. The van der Waals surface area contributed by atoms with Crippen molar-refractivity contribution in [3.8, 4) is 0 Å². The van der Waals surface area contributed by atoms with Gasteiger partial charge in [0.05, 0.1) is 38.2 Å². The summed E-state index contributed by atoms with van der Waals surface area (Å²) in [4.78, 5) is 29.3. The van der Waals surface area contributed by atoms with Gasteiger partial charge in [-0.1, -0.05) is 35.1 Å². The summed E-state index contributed by atoms with van der Waals surface area (Å²) in [6.45, 7) is 6.07. The van der Waals surface area contributed by atoms with E-state index in [4.69, 9.17) is 16.6 Å². The molecule has 4 rings (SSSR count). The first-order chi connectivity index (χ1) is 13.4. The second-order valence-corrected chi connectivity index (χ2v) is 8.99. The molecule has 0 unspecified atom stereocenters. The van der Waals surface area contributed by atoms with Crippen LogP contribution in [0.25, 0.3) is 10.2 Å². The van der Waals surface area contributed by atoms with Gasteiger partial charge in [-0.2, -0.15) is 0 Å². The Balaban J connectivity index is 1.83. The first kappa shape index (κ1) is 19.0. The third-order valence-electron chi connectivity index (χ3n) is 4.31. The van der Waals surface area contributed by atoms with E-state index in [2.05, 4.69) is 9.97 Å². The van der Waals surface area contributed by atoms with Crippen LogP contribution in [0.2, 0.25) is 5.02 Å². The third-order valence-corrected chi connectivity index (χ3v) is 6.91. The number of carbonyl (C=O) groups is 1. The second kappa shape index (κ2) is 7.58. The number of thiazole rings is 2. The molecule has 1 amide bonds. The maximum Gasteiger partial charge on any atom is 0.272 e. The van der Waals surface area contributed by atoms with Gasteiger partial charge < -0.3 is 0 Å². The summed E-state index contributed by atoms with van der Waals surface area (Å²) in [5.74, 6) is -0.124. The number of benzene rings is 1. The number of aromatic nitrogens is 3. The van der Waals surface area contributed by atoms with Crippen molar-refractivity contribution in [3.63, 3.8) is 0 Å². The van der Waals surface area contributed by atoms with Gasteiger partial charge in [0.25, 0.3) is 5.91 Å². The predicted octanol–water partition coefficient (Wildman–Crippen LogP) is 5.57. The zero-order chi connectivity index (χ0) is 19.8. The quantitative estimate of drug-likeness (QED) is 0.426. The molecule has 4 aromatic rings. The minimum Gasteiger partial charge on any atom is -0.277 e. The SMILES string of the molecule is Cc1nc(C)c(C(=O)N(Cc2ccccn2)c2nc3c(C)ccc(Cl)c3s2)s1. The summed E-state index contributed by atoms with van der Waals surface area (Å²) in [5.41, 5.74) is 3.37. The molecule has 0 N–H and O–H groups in total. The molecule has 0 aliphatic carbocycles. The molecule has 0 atom stereocenters. The van der Waals surface area contributed by atoms with Gasteiger partial charge in [-0.3, -0.25) is 14.7 Å². The third kappa shape index (κ3) is 3.53. The number of rotatable bonds is 4. The molecule has 1 aromatic carbocycles. The number of fused-ring (bicyclic) bond motifs is 1. The van der Waals surface area contributed by atoms with E-state index in [-0.39, 0.29) is 5.91 Å². The Hall–Kier alpha value is -2.35. The van der Waals surface area contributed by atoms with E-state index in [9.17, 15) is 4.79 Å². The predicted molar refractivity (Wildman–Crippen MR) is 116 cm³/mol. The number of hydrogen-bond acceptors (Lipinski definition) is 6. The van der Waals surface area contributed by atoms with Crippen molar-refractivity contribution >= 4 is 55.5 Å². The molecule has 0 spiro atoms. The minimum absolute atomic E-state index is 0.124. The maximum atomic E-state index is 13.4. The first-order valence-electron chi connectivity index (χ1n) is 8.65. The summed E-state index contributed by atoms with van der Waals surface area (Å²) in [7, 11) is 0. The van der Waals surface area contributed by atoms with E-state index in [1.807, 2.05) is 51.1 Å². The summed E-state index contributed by atoms with van der Waals surface area (Å²) in [6, 6.07) is 9.47. The van der Waals surface area contributed by atoms with Gasteiger partial charge in [0.1, 0.15) is 4.88 Å². The number of carbonyl (C=O) groups excluding carboxylic acids is 1. The molecule has 3 heterocycles. The van der Waals surface area contributed by atoms with Gasteiger partial charge in [0, 0.05) is 6.20 Å². The Bertz CT molecular complexity index is 1130. The van der Waals surface area contributed by atoms with Crippen LogP contribution in [-0.2, 0) is 6.54 Å². The topological polar surface area (TPSA) is 59.0 Å². The normalized spacial score (nSPS) is 11.1. The maximum absolute atomic E-state index is 13.4. The van der Waals surface area contributed by atoms with Crippen molar-refractivity contribution in [2.45, 2.75) is 27.3 Å². The molecule has 0 saturated heterocycles. The molecular weight excluding hydrogens is 412 g/mol. The van der Waals surface area contributed by atoms with E-state index >= 15 is 0 Å². The van der Waals surface area contributed by atoms with Crippen LogP contribution in [0.15, 0.2) is 36.5 Å². The number of anilines is 1. The number of nitrogens with zero attached hydrogens (tertiary/aromatic N) is 4. The van der Waals surface area contributed by atoms with E-state index in [0.717, 1.165) is 32.2 Å². The van der Waals surface area contributed by atoms with Crippen LogP contribution in [0.3, 0.4) is 0 Å². The van der Waals surface area contributed by atoms with Crippen LogP contribution in [-0.4, -0.2) is 20.9 Å². The lowest BCUT2D eigenvalue weighted by Crippen LogP contribution is -2.30. The summed E-state index contributed by atoms with van der Waals surface area (Å²) < 4.78 is 0.882. The highest BCUT2D eigenvalue weighted by Gasteiger charge is 2.26. The molecule has 142 valence electrons. The fraction of sp³-hybridized carbons (Fsp3) is 0.200. The number of halogens is 1. The first-order valence-corrected chi connectivity index (χ1v) is 10.7. The lowest BCUT2D eigenvalue weighted by molar-refractivity contribution is 0.0988. The molecule has 0 fully saturated rings. The van der Waals surface area contributed by atoms with Crippen LogP contribution in [0.4, 0.5) is 5.13 Å². The molecule has 0 aliphatic heterocycles. The number of hydrogen-bond donors (Lipinski definition) is 0. The Morgan fingerprint density at radius 3 is 2.57 bits per heavy atom. The fourth-order valence-electron chi connectivity index (χ4n) is 2.94. The van der Waals surface area contributed by atoms with Crippen LogP contribution in [0, 0.1) is 20.8 Å². The van der Waals surface area contributed by atoms with Crippen molar-refractivity contribution in [2.24, 2.45) is 0 Å². The zero-order valence-electron chi connectivity index (χ0n) is 15.6. The Morgan fingerprint density at radius 1 is 1.11 bits per heavy atom. The zero-order valence-corrected chi connectivity index (χ0v) is 18.0. The standard InChI is InChI=1S/C20H17ClN4OS2/c1-11-7-8-15(21)18-16(11)24-20(28-18)25(10-14-6-4-5-9-22-14)19(26)17-12(2)23-13(3)27-17/h4-9H,10H2,1-3H3. The highest BCUT2D eigenvalue weighted by Crippen LogP contribution is 2.37. The highest BCUT2D eigenvalue weighted by atomic mass is 35.5. The Morgan fingerprint density at radius 2 is 1.93 bits per heavy atom. The highest BCUT2D eigenvalue weighted by molar-refractivity contribution is 7.23. The summed E-state index contributed by atoms with van der Waals surface area (Å²) in [6.07, 6.45) is 1.72. The lowest BCUT2D eigenvalue weighted by atomic mass is 10.2. The molecule has 5 nitrogen and oxygen atoms in total. The number of pyridine rings is 1. The monoisotopic (exact) mass is 428 g/mol. The molecule has 8 heteroatoms. The van der Waals surface area contributed by atoms with Crippen molar-refractivity contribution in [1.29, 1.82) is 0 Å². The molecular formula is C20H17ClN4OS2. The fourth-order valence-corrected chi connectivity index (χ4v) is 5.12. The van der Waals surface area contributed by atoms with Gasteiger partial charge >= 0.3 is 0 Å². The van der Waals surface area contributed by atoms with Gasteiger partial charge in [0.15, 0.2) is 5.13 Å². The van der Waals surface area contributed by atoms with Crippen molar-refractivity contribution in [3.05, 3.63) is 68.4 Å². The Labute approximate surface area is 175 Å². The summed E-state index contributed by atoms with van der Waals surface area (Å²) >= 11 is 9.20. The van der Waals surface area contributed by atoms with Gasteiger partial charge in [0.2, 0.25) is 0 Å². The van der Waals surface area contributed by atoms with E-state index in [1.165, 1.54) is 22.7 Å². The molecule has 0 aliphatic rings. The average molecular weight is 429 g/mol. The molecule has 28 heavy (non-hydrogen) atoms. The van der Waals surface area contributed by atoms with E-state index in [0.29, 0.717) is 21.6 Å². The van der Waals surface area contributed by atoms with Gasteiger partial charge in [-0.05, 0) is 44.5 Å². The molecule has 0 bridgehead atoms. The van der Waals surface area contributed by atoms with Crippen LogP contribution in [0.5, 0.6) is 0 Å². The van der Waals surface area contributed by atoms with Crippen molar-refractivity contribution in [1.82, 2.24) is 15.0 Å². The second-order valence-electron chi connectivity index (χ2n) is 6.40. The molecule has 3 aromatic heterocycles. The van der Waals surface area contributed by atoms with Crippen molar-refractivity contribution in [2.75, 3.05) is 4.90 Å². The Kier molecular flexibility index (Phi) is 5.14. The lowest BCUT2D eigenvalue weighted by Gasteiger charge is -2.19. The van der Waals surface area contributed by atoms with Gasteiger partial charge in [-0.15, -0.1) is 11.3 Å². The smallest absolute Gasteiger partial charge is 0.272 e. The summed E-state index contributed by atoms with van der Waals surface area (Å²) in [5, 5.41) is 2.11. The van der Waals surface area contributed by atoms with E-state index < -0.39 is 0 Å². The largest absolute Gasteiger partial charge is 0.277 e. The van der Waals surface area contributed by atoms with Crippen LogP contribution < -0.4 is 4.90 Å². The van der Waals surface area contributed by atoms with Crippen molar-refractivity contribution < 1.29 is 4.79 Å².